The molecule has 1 aromatic rings. The smallest absolute Gasteiger partial charge is 0.220 e. The van der Waals surface area contributed by atoms with E-state index in [2.05, 4.69) is 48.3 Å². The second kappa shape index (κ2) is 9.32. The standard InChI is InChI=1S/C20H32N2O3/c1-4-17(18-7-5-16(2)6-8-18)13-19(23)21-14-20(3,24)15-22-9-11-25-12-10-22/h5-8,17,24H,4,9-15H2,1-3H3,(H,21,23). The van der Waals surface area contributed by atoms with Crippen LogP contribution in [0.2, 0.25) is 0 Å². The quantitative estimate of drug-likeness (QED) is 0.755. The monoisotopic (exact) mass is 348 g/mol. The minimum Gasteiger partial charge on any atom is -0.387 e. The van der Waals surface area contributed by atoms with Gasteiger partial charge in [-0.15, -0.1) is 0 Å². The van der Waals surface area contributed by atoms with E-state index in [0.717, 1.165) is 19.5 Å². The Hall–Kier alpha value is -1.43. The fourth-order valence-electron chi connectivity index (χ4n) is 3.22. The molecule has 0 spiro atoms. The Balaban J connectivity index is 1.80. The van der Waals surface area contributed by atoms with Crippen LogP contribution in [0.4, 0.5) is 0 Å². The third-order valence-corrected chi connectivity index (χ3v) is 4.81. The zero-order chi connectivity index (χ0) is 18.3. The summed E-state index contributed by atoms with van der Waals surface area (Å²) in [6, 6.07) is 8.38. The number of rotatable bonds is 8. The highest BCUT2D eigenvalue weighted by molar-refractivity contribution is 5.77. The molecule has 0 bridgehead atoms. The lowest BCUT2D eigenvalue weighted by Crippen LogP contribution is -2.51. The van der Waals surface area contributed by atoms with Gasteiger partial charge in [-0.25, -0.2) is 0 Å². The molecule has 0 aliphatic carbocycles. The predicted octanol–water partition coefficient (Wildman–Crippen LogP) is 2.08. The van der Waals surface area contributed by atoms with Crippen LogP contribution in [-0.4, -0.2) is 60.9 Å². The number of carbonyl (C=O) groups is 1. The Morgan fingerprint density at radius 3 is 2.56 bits per heavy atom. The second-order valence-corrected chi connectivity index (χ2v) is 7.38. The number of carbonyl (C=O) groups excluding carboxylic acids is 1. The summed E-state index contributed by atoms with van der Waals surface area (Å²) in [5.41, 5.74) is 1.49. The first kappa shape index (κ1) is 19.9. The Morgan fingerprint density at radius 2 is 1.96 bits per heavy atom. The molecule has 1 saturated heterocycles. The Morgan fingerprint density at radius 1 is 1.32 bits per heavy atom. The van der Waals surface area contributed by atoms with Gasteiger partial charge in [-0.3, -0.25) is 9.69 Å². The molecule has 0 radical (unpaired) electrons. The maximum atomic E-state index is 12.3. The molecule has 1 heterocycles. The molecular formula is C20H32N2O3. The number of nitrogens with zero attached hydrogens (tertiary/aromatic N) is 1. The van der Waals surface area contributed by atoms with Crippen molar-refractivity contribution in [1.29, 1.82) is 0 Å². The molecular weight excluding hydrogens is 316 g/mol. The zero-order valence-corrected chi connectivity index (χ0v) is 15.8. The number of nitrogens with one attached hydrogen (secondary N) is 1. The summed E-state index contributed by atoms with van der Waals surface area (Å²) in [6.07, 6.45) is 1.37. The average molecular weight is 348 g/mol. The molecule has 1 aliphatic rings. The van der Waals surface area contributed by atoms with E-state index in [4.69, 9.17) is 4.74 Å². The number of hydrogen-bond acceptors (Lipinski definition) is 4. The summed E-state index contributed by atoms with van der Waals surface area (Å²) in [4.78, 5) is 14.5. The van der Waals surface area contributed by atoms with E-state index in [-0.39, 0.29) is 18.4 Å². The molecule has 5 nitrogen and oxygen atoms in total. The van der Waals surface area contributed by atoms with Gasteiger partial charge in [0.25, 0.3) is 0 Å². The van der Waals surface area contributed by atoms with Gasteiger partial charge in [0.05, 0.1) is 18.8 Å². The Bertz CT molecular complexity index is 536. The number of aliphatic hydroxyl groups is 1. The van der Waals surface area contributed by atoms with Gasteiger partial charge in [-0.05, 0) is 31.7 Å². The highest BCUT2D eigenvalue weighted by Crippen LogP contribution is 2.23. The lowest BCUT2D eigenvalue weighted by Gasteiger charge is -2.34. The van der Waals surface area contributed by atoms with E-state index in [1.54, 1.807) is 6.92 Å². The van der Waals surface area contributed by atoms with Crippen LogP contribution in [0.5, 0.6) is 0 Å². The maximum Gasteiger partial charge on any atom is 0.220 e. The van der Waals surface area contributed by atoms with Gasteiger partial charge in [-0.2, -0.15) is 0 Å². The van der Waals surface area contributed by atoms with Crippen molar-refractivity contribution in [1.82, 2.24) is 10.2 Å². The number of β-amino-alcohol motifs (C(OH)–C–C–N with tert-alkyl or cyclic N) is 1. The van der Waals surface area contributed by atoms with Crippen molar-refractivity contribution < 1.29 is 14.6 Å². The largest absolute Gasteiger partial charge is 0.387 e. The van der Waals surface area contributed by atoms with Crippen molar-refractivity contribution in [2.75, 3.05) is 39.4 Å². The summed E-state index contributed by atoms with van der Waals surface area (Å²) >= 11 is 0. The van der Waals surface area contributed by atoms with Gasteiger partial charge in [0, 0.05) is 32.6 Å². The number of hydrogen-bond donors (Lipinski definition) is 2. The topological polar surface area (TPSA) is 61.8 Å². The highest BCUT2D eigenvalue weighted by Gasteiger charge is 2.26. The summed E-state index contributed by atoms with van der Waals surface area (Å²) in [7, 11) is 0. The van der Waals surface area contributed by atoms with Crippen LogP contribution in [0.25, 0.3) is 0 Å². The molecule has 2 rings (SSSR count). The van der Waals surface area contributed by atoms with Crippen molar-refractivity contribution in [2.45, 2.75) is 45.1 Å². The molecule has 1 aromatic carbocycles. The fourth-order valence-corrected chi connectivity index (χ4v) is 3.22. The Labute approximate surface area is 151 Å². The molecule has 0 aromatic heterocycles. The SMILES string of the molecule is CCC(CC(=O)NCC(C)(O)CN1CCOCC1)c1ccc(C)cc1. The zero-order valence-electron chi connectivity index (χ0n) is 15.8. The summed E-state index contributed by atoms with van der Waals surface area (Å²) < 4.78 is 5.32. The minimum atomic E-state index is -0.932. The van der Waals surface area contributed by atoms with Crippen molar-refractivity contribution in [3.05, 3.63) is 35.4 Å². The summed E-state index contributed by atoms with van der Waals surface area (Å²) in [6.45, 7) is 9.83. The number of morpholine rings is 1. The van der Waals surface area contributed by atoms with Crippen molar-refractivity contribution in [3.63, 3.8) is 0 Å². The first-order valence-electron chi connectivity index (χ1n) is 9.25. The molecule has 140 valence electrons. The number of benzene rings is 1. The molecule has 2 unspecified atom stereocenters. The van der Waals surface area contributed by atoms with E-state index in [0.29, 0.717) is 26.2 Å². The molecule has 1 amide bonds. The maximum absolute atomic E-state index is 12.3. The van der Waals surface area contributed by atoms with Gasteiger partial charge in [0.15, 0.2) is 0 Å². The molecule has 2 N–H and O–H groups in total. The van der Waals surface area contributed by atoms with Gasteiger partial charge < -0.3 is 15.2 Å². The number of aryl methyl sites for hydroxylation is 1. The van der Waals surface area contributed by atoms with E-state index in [1.807, 2.05) is 0 Å². The predicted molar refractivity (Wildman–Crippen MR) is 99.7 cm³/mol. The van der Waals surface area contributed by atoms with Gasteiger partial charge in [0.2, 0.25) is 5.91 Å². The Kier molecular flexibility index (Phi) is 7.41. The van der Waals surface area contributed by atoms with Crippen molar-refractivity contribution in [3.8, 4) is 0 Å². The first-order chi connectivity index (χ1) is 11.9. The van der Waals surface area contributed by atoms with Gasteiger partial charge in [-0.1, -0.05) is 36.8 Å². The fraction of sp³-hybridized carbons (Fsp3) is 0.650. The van der Waals surface area contributed by atoms with E-state index < -0.39 is 5.60 Å². The second-order valence-electron chi connectivity index (χ2n) is 7.38. The number of ether oxygens (including phenoxy) is 1. The normalized spacial score (nSPS) is 19.2. The van der Waals surface area contributed by atoms with E-state index >= 15 is 0 Å². The number of amides is 1. The summed E-state index contributed by atoms with van der Waals surface area (Å²) in [5.74, 6) is 0.208. The molecule has 1 fully saturated rings. The molecule has 2 atom stereocenters. The van der Waals surface area contributed by atoms with Crippen LogP contribution in [0.15, 0.2) is 24.3 Å². The third-order valence-electron chi connectivity index (χ3n) is 4.81. The average Bonchev–Trinajstić information content (AvgIpc) is 2.59. The molecule has 5 heteroatoms. The van der Waals surface area contributed by atoms with Gasteiger partial charge >= 0.3 is 0 Å². The van der Waals surface area contributed by atoms with Crippen molar-refractivity contribution >= 4 is 5.91 Å². The van der Waals surface area contributed by atoms with Crippen LogP contribution < -0.4 is 5.32 Å². The minimum absolute atomic E-state index is 0.00493. The first-order valence-corrected chi connectivity index (χ1v) is 9.25. The van der Waals surface area contributed by atoms with Crippen LogP contribution in [0.1, 0.15) is 43.7 Å². The molecule has 25 heavy (non-hydrogen) atoms. The highest BCUT2D eigenvalue weighted by atomic mass is 16.5. The van der Waals surface area contributed by atoms with Gasteiger partial charge in [0.1, 0.15) is 0 Å². The van der Waals surface area contributed by atoms with E-state index in [1.165, 1.54) is 11.1 Å². The van der Waals surface area contributed by atoms with Crippen molar-refractivity contribution in [2.24, 2.45) is 0 Å². The summed E-state index contributed by atoms with van der Waals surface area (Å²) in [5, 5.41) is 13.5. The van der Waals surface area contributed by atoms with Crippen LogP contribution in [0, 0.1) is 6.92 Å². The lowest BCUT2D eigenvalue weighted by atomic mass is 9.92. The van der Waals surface area contributed by atoms with Crippen LogP contribution in [-0.2, 0) is 9.53 Å². The van der Waals surface area contributed by atoms with Crippen LogP contribution >= 0.6 is 0 Å². The molecule has 0 saturated carbocycles. The third kappa shape index (κ3) is 6.77. The van der Waals surface area contributed by atoms with Crippen LogP contribution in [0.3, 0.4) is 0 Å². The molecule has 1 aliphatic heterocycles. The van der Waals surface area contributed by atoms with E-state index in [9.17, 15) is 9.90 Å². The lowest BCUT2D eigenvalue weighted by molar-refractivity contribution is -0.123.